The van der Waals surface area contributed by atoms with Gasteiger partial charge in [0.2, 0.25) is 0 Å². The Morgan fingerprint density at radius 3 is 2.21 bits per heavy atom. The molecule has 0 fully saturated rings. The summed E-state index contributed by atoms with van der Waals surface area (Å²) in [6.07, 6.45) is 2.84. The summed E-state index contributed by atoms with van der Waals surface area (Å²) in [6, 6.07) is 5.11. The van der Waals surface area contributed by atoms with Crippen LogP contribution in [0.5, 0.6) is 0 Å². The van der Waals surface area contributed by atoms with E-state index in [1.807, 2.05) is 0 Å². The minimum absolute atomic E-state index is 0.0250. The van der Waals surface area contributed by atoms with Gasteiger partial charge >= 0.3 is 0 Å². The van der Waals surface area contributed by atoms with Crippen LogP contribution in [0.2, 0.25) is 0 Å². The molecule has 1 rings (SSSR count). The fourth-order valence-corrected chi connectivity index (χ4v) is 0.883. The minimum Gasteiger partial charge on any atom is -0.348 e. The van der Waals surface area contributed by atoms with Crippen molar-refractivity contribution in [1.29, 1.82) is 21.0 Å². The third-order valence-electron chi connectivity index (χ3n) is 1.49. The highest BCUT2D eigenvalue weighted by atomic mass is 15.2. The average molecular weight is 182 g/mol. The van der Waals surface area contributed by atoms with Crippen LogP contribution in [0.4, 0.5) is 0 Å². The highest BCUT2D eigenvalue weighted by Gasteiger charge is 2.22. The number of hydrogen-bond acceptors (Lipinski definition) is 6. The Bertz CT molecular complexity index is 484. The average Bonchev–Trinajstić information content (AvgIpc) is 2.26. The van der Waals surface area contributed by atoms with Crippen LogP contribution in [0.15, 0.2) is 23.3 Å². The van der Waals surface area contributed by atoms with Gasteiger partial charge in [-0.15, -0.1) is 0 Å². The molecule has 0 saturated carbocycles. The van der Waals surface area contributed by atoms with E-state index >= 15 is 0 Å². The standard InChI is InChI=1S/C8H2N6/c9-1-6-4-13-7(2-10)8(3-11)14(6)5-12/h4,13H. The zero-order valence-electron chi connectivity index (χ0n) is 6.81. The van der Waals surface area contributed by atoms with Gasteiger partial charge in [0.25, 0.3) is 0 Å². The largest absolute Gasteiger partial charge is 0.348 e. The molecule has 0 aromatic carbocycles. The van der Waals surface area contributed by atoms with Crippen molar-refractivity contribution in [3.05, 3.63) is 23.3 Å². The Labute approximate surface area is 79.8 Å². The molecule has 14 heavy (non-hydrogen) atoms. The van der Waals surface area contributed by atoms with Crippen molar-refractivity contribution in [3.8, 4) is 24.4 Å². The zero-order valence-corrected chi connectivity index (χ0v) is 6.81. The van der Waals surface area contributed by atoms with Gasteiger partial charge in [-0.2, -0.15) is 21.0 Å². The van der Waals surface area contributed by atoms with Crippen LogP contribution in [0.3, 0.4) is 0 Å². The first-order valence-electron chi connectivity index (χ1n) is 3.39. The summed E-state index contributed by atoms with van der Waals surface area (Å²) < 4.78 is 0. The minimum atomic E-state index is -0.172. The SMILES string of the molecule is N#CC1=CNC(C#N)=C(C#N)N1C#N. The third kappa shape index (κ3) is 1.20. The highest BCUT2D eigenvalue weighted by Crippen LogP contribution is 2.17. The second kappa shape index (κ2) is 3.63. The highest BCUT2D eigenvalue weighted by molar-refractivity contribution is 5.45. The van der Waals surface area contributed by atoms with Gasteiger partial charge in [0.15, 0.2) is 23.3 Å². The maximum absolute atomic E-state index is 8.68. The fraction of sp³-hybridized carbons (Fsp3) is 0. The maximum atomic E-state index is 8.68. The lowest BCUT2D eigenvalue weighted by Gasteiger charge is -2.18. The van der Waals surface area contributed by atoms with Crippen LogP contribution in [0.1, 0.15) is 0 Å². The van der Waals surface area contributed by atoms with Crippen molar-refractivity contribution < 1.29 is 0 Å². The van der Waals surface area contributed by atoms with E-state index in [2.05, 4.69) is 5.32 Å². The van der Waals surface area contributed by atoms with Crippen molar-refractivity contribution in [2.75, 3.05) is 0 Å². The van der Waals surface area contributed by atoms with E-state index in [9.17, 15) is 0 Å². The summed E-state index contributed by atoms with van der Waals surface area (Å²) in [4.78, 5) is 0.801. The van der Waals surface area contributed by atoms with E-state index in [0.717, 1.165) is 4.90 Å². The quantitative estimate of drug-likeness (QED) is 0.527. The molecule has 0 saturated heterocycles. The van der Waals surface area contributed by atoms with E-state index in [0.29, 0.717) is 0 Å². The lowest BCUT2D eigenvalue weighted by molar-refractivity contribution is 0.607. The molecule has 6 nitrogen and oxygen atoms in total. The first kappa shape index (κ1) is 9.13. The number of nitrogens with one attached hydrogen (secondary N) is 1. The summed E-state index contributed by atoms with van der Waals surface area (Å²) in [5.74, 6) is 0. The van der Waals surface area contributed by atoms with Crippen molar-refractivity contribution >= 4 is 0 Å². The smallest absolute Gasteiger partial charge is 0.190 e. The molecule has 1 aliphatic heterocycles. The molecule has 0 radical (unpaired) electrons. The molecular weight excluding hydrogens is 180 g/mol. The molecule has 0 aliphatic carbocycles. The Morgan fingerprint density at radius 2 is 1.79 bits per heavy atom. The third-order valence-corrected chi connectivity index (χ3v) is 1.49. The Hall–Kier alpha value is -2.96. The maximum Gasteiger partial charge on any atom is 0.190 e. The van der Waals surface area contributed by atoms with Crippen LogP contribution in [-0.2, 0) is 0 Å². The first-order valence-corrected chi connectivity index (χ1v) is 3.39. The van der Waals surface area contributed by atoms with Gasteiger partial charge in [-0.05, 0) is 0 Å². The van der Waals surface area contributed by atoms with E-state index in [-0.39, 0.29) is 17.1 Å². The van der Waals surface area contributed by atoms with E-state index in [4.69, 9.17) is 21.0 Å². The topological polar surface area (TPSA) is 110 Å². The molecule has 64 valence electrons. The fourth-order valence-electron chi connectivity index (χ4n) is 0.883. The van der Waals surface area contributed by atoms with Crippen molar-refractivity contribution in [2.45, 2.75) is 0 Å². The normalized spacial score (nSPS) is 14.0. The molecule has 0 bridgehead atoms. The first-order chi connectivity index (χ1) is 6.78. The van der Waals surface area contributed by atoms with Gasteiger partial charge in [-0.1, -0.05) is 0 Å². The Kier molecular flexibility index (Phi) is 2.37. The molecule has 1 aliphatic rings. The molecule has 0 atom stereocenters. The molecule has 6 heteroatoms. The van der Waals surface area contributed by atoms with Crippen molar-refractivity contribution in [3.63, 3.8) is 0 Å². The van der Waals surface area contributed by atoms with Gasteiger partial charge in [-0.3, -0.25) is 0 Å². The lowest BCUT2D eigenvalue weighted by atomic mass is 10.2. The number of nitrogens with zero attached hydrogens (tertiary/aromatic N) is 5. The molecule has 1 N–H and O–H groups in total. The van der Waals surface area contributed by atoms with Gasteiger partial charge in [0, 0.05) is 6.20 Å². The van der Waals surface area contributed by atoms with Gasteiger partial charge in [-0.25, -0.2) is 4.90 Å². The second-order valence-electron chi connectivity index (χ2n) is 2.17. The van der Waals surface area contributed by atoms with Gasteiger partial charge in [0.1, 0.15) is 18.2 Å². The second-order valence-corrected chi connectivity index (χ2v) is 2.17. The van der Waals surface area contributed by atoms with Crippen LogP contribution < -0.4 is 5.32 Å². The zero-order chi connectivity index (χ0) is 10.6. The van der Waals surface area contributed by atoms with Crippen molar-refractivity contribution in [2.24, 2.45) is 0 Å². The predicted octanol–water partition coefficient (Wildman–Crippen LogP) is -0.00358. The van der Waals surface area contributed by atoms with Crippen molar-refractivity contribution in [1.82, 2.24) is 10.2 Å². The molecule has 0 aromatic rings. The molecule has 0 unspecified atom stereocenters. The molecule has 0 spiro atoms. The number of rotatable bonds is 0. The monoisotopic (exact) mass is 182 g/mol. The van der Waals surface area contributed by atoms with E-state index < -0.39 is 0 Å². The Morgan fingerprint density at radius 1 is 1.07 bits per heavy atom. The van der Waals surface area contributed by atoms with E-state index in [1.54, 1.807) is 24.4 Å². The number of hydrogen-bond donors (Lipinski definition) is 1. The number of nitriles is 4. The molecule has 0 amide bonds. The Balaban J connectivity index is 3.27. The summed E-state index contributed by atoms with van der Waals surface area (Å²) in [7, 11) is 0. The van der Waals surface area contributed by atoms with Crippen LogP contribution >= 0.6 is 0 Å². The van der Waals surface area contributed by atoms with Crippen LogP contribution in [0.25, 0.3) is 0 Å². The molecule has 0 aromatic heterocycles. The molecule has 1 heterocycles. The van der Waals surface area contributed by atoms with Gasteiger partial charge < -0.3 is 5.32 Å². The summed E-state index contributed by atoms with van der Waals surface area (Å²) >= 11 is 0. The number of allylic oxidation sites excluding steroid dienone is 3. The van der Waals surface area contributed by atoms with Crippen LogP contribution in [0, 0.1) is 45.4 Å². The predicted molar refractivity (Wildman–Crippen MR) is 42.5 cm³/mol. The lowest BCUT2D eigenvalue weighted by Crippen LogP contribution is -2.26. The van der Waals surface area contributed by atoms with Gasteiger partial charge in [0.05, 0.1) is 0 Å². The van der Waals surface area contributed by atoms with Crippen LogP contribution in [-0.4, -0.2) is 4.90 Å². The van der Waals surface area contributed by atoms with E-state index in [1.165, 1.54) is 6.20 Å². The molecular formula is C8H2N6. The summed E-state index contributed by atoms with van der Waals surface area (Å²) in [6.45, 7) is 0. The summed E-state index contributed by atoms with van der Waals surface area (Å²) in [5.41, 5.74) is -0.245. The summed E-state index contributed by atoms with van der Waals surface area (Å²) in [5, 5.41) is 37.0.